The predicted octanol–water partition coefficient (Wildman–Crippen LogP) is 5.12. The number of amides is 1. The third kappa shape index (κ3) is 3.35. The quantitative estimate of drug-likeness (QED) is 0.523. The second-order valence-corrected chi connectivity index (χ2v) is 6.71. The van der Waals surface area contributed by atoms with Gasteiger partial charge >= 0.3 is 0 Å². The highest BCUT2D eigenvalue weighted by molar-refractivity contribution is 8.00. The lowest BCUT2D eigenvalue weighted by Crippen LogP contribution is -2.14. The molecule has 0 radical (unpaired) electrons. The molecule has 0 aliphatic heterocycles. The molecule has 0 aliphatic carbocycles. The van der Waals surface area contributed by atoms with E-state index in [1.54, 1.807) is 6.20 Å². The van der Waals surface area contributed by atoms with Gasteiger partial charge in [0.2, 0.25) is 5.91 Å². The van der Waals surface area contributed by atoms with Gasteiger partial charge in [0.1, 0.15) is 0 Å². The van der Waals surface area contributed by atoms with Crippen LogP contribution in [0.4, 0.5) is 5.69 Å². The summed E-state index contributed by atoms with van der Waals surface area (Å²) in [6, 6.07) is 23.9. The van der Waals surface area contributed by atoms with E-state index in [0.29, 0.717) is 5.75 Å². The van der Waals surface area contributed by atoms with Crippen LogP contribution in [0.2, 0.25) is 0 Å². The number of pyridine rings is 1. The molecule has 4 rings (SSSR count). The summed E-state index contributed by atoms with van der Waals surface area (Å²) in [6.07, 6.45) is 1.78. The number of anilines is 1. The van der Waals surface area contributed by atoms with Gasteiger partial charge in [0, 0.05) is 27.6 Å². The molecule has 25 heavy (non-hydrogen) atoms. The lowest BCUT2D eigenvalue weighted by atomic mass is 10.1. The fourth-order valence-corrected chi connectivity index (χ4v) is 3.70. The van der Waals surface area contributed by atoms with Crippen molar-refractivity contribution in [2.45, 2.75) is 4.90 Å². The minimum absolute atomic E-state index is 0.0118. The Morgan fingerprint density at radius 1 is 0.880 bits per heavy atom. The smallest absolute Gasteiger partial charge is 0.234 e. The van der Waals surface area contributed by atoms with Crippen LogP contribution >= 0.6 is 11.8 Å². The molecule has 122 valence electrons. The molecule has 4 heteroatoms. The zero-order valence-corrected chi connectivity index (χ0v) is 14.3. The minimum atomic E-state index is -0.0118. The SMILES string of the molecule is O=C(CSc1ccnc2ccccc12)Nc1cccc2ccccc12. The summed E-state index contributed by atoms with van der Waals surface area (Å²) in [6.45, 7) is 0. The Labute approximate surface area is 150 Å². The molecule has 0 saturated carbocycles. The molecule has 0 saturated heterocycles. The Bertz CT molecular complexity index is 1050. The summed E-state index contributed by atoms with van der Waals surface area (Å²) in [5.41, 5.74) is 1.80. The van der Waals surface area contributed by atoms with Gasteiger partial charge in [-0.15, -0.1) is 11.8 Å². The Kier molecular flexibility index (Phi) is 4.36. The van der Waals surface area contributed by atoms with E-state index < -0.39 is 0 Å². The number of aromatic nitrogens is 1. The fourth-order valence-electron chi connectivity index (χ4n) is 2.86. The molecular formula is C21H16N2OS. The zero-order valence-electron chi connectivity index (χ0n) is 13.5. The molecule has 0 atom stereocenters. The monoisotopic (exact) mass is 344 g/mol. The lowest BCUT2D eigenvalue weighted by molar-refractivity contribution is -0.113. The van der Waals surface area contributed by atoms with Gasteiger partial charge in [0.15, 0.2) is 0 Å². The van der Waals surface area contributed by atoms with E-state index in [9.17, 15) is 4.79 Å². The van der Waals surface area contributed by atoms with E-state index in [2.05, 4.69) is 10.3 Å². The first-order valence-corrected chi connectivity index (χ1v) is 9.04. The number of nitrogens with one attached hydrogen (secondary N) is 1. The van der Waals surface area contributed by atoms with Crippen LogP contribution in [0.5, 0.6) is 0 Å². The molecule has 3 nitrogen and oxygen atoms in total. The van der Waals surface area contributed by atoms with Crippen molar-refractivity contribution in [2.24, 2.45) is 0 Å². The Morgan fingerprint density at radius 2 is 1.64 bits per heavy atom. The number of thioether (sulfide) groups is 1. The summed E-state index contributed by atoms with van der Waals surface area (Å²) in [7, 11) is 0. The van der Waals surface area contributed by atoms with E-state index in [4.69, 9.17) is 0 Å². The van der Waals surface area contributed by atoms with Crippen molar-refractivity contribution >= 4 is 45.0 Å². The number of rotatable bonds is 4. The molecule has 1 aromatic heterocycles. The van der Waals surface area contributed by atoms with Crippen molar-refractivity contribution in [3.63, 3.8) is 0 Å². The van der Waals surface area contributed by atoms with Gasteiger partial charge in [-0.05, 0) is 23.6 Å². The van der Waals surface area contributed by atoms with Crippen molar-refractivity contribution in [1.82, 2.24) is 4.98 Å². The van der Waals surface area contributed by atoms with Gasteiger partial charge in [-0.2, -0.15) is 0 Å². The number of benzene rings is 3. The standard InChI is InChI=1S/C21H16N2OS/c24-21(23-19-11-5-7-15-6-1-2-8-16(15)19)14-25-20-12-13-22-18-10-4-3-9-17(18)20/h1-13H,14H2,(H,23,24). The second kappa shape index (κ2) is 6.95. The molecule has 1 N–H and O–H groups in total. The lowest BCUT2D eigenvalue weighted by Gasteiger charge is -2.09. The van der Waals surface area contributed by atoms with E-state index in [1.807, 2.05) is 72.8 Å². The molecule has 0 spiro atoms. The Balaban J connectivity index is 1.50. The van der Waals surface area contributed by atoms with Gasteiger partial charge in [0.05, 0.1) is 11.3 Å². The van der Waals surface area contributed by atoms with Crippen molar-refractivity contribution < 1.29 is 4.79 Å². The number of fused-ring (bicyclic) bond motifs is 2. The first-order valence-electron chi connectivity index (χ1n) is 8.05. The number of carbonyl (C=O) groups excluding carboxylic acids is 1. The topological polar surface area (TPSA) is 42.0 Å². The van der Waals surface area contributed by atoms with Crippen LogP contribution in [-0.2, 0) is 4.79 Å². The van der Waals surface area contributed by atoms with Crippen LogP contribution in [0, 0.1) is 0 Å². The van der Waals surface area contributed by atoms with Gasteiger partial charge in [-0.25, -0.2) is 0 Å². The molecule has 0 fully saturated rings. The maximum absolute atomic E-state index is 12.4. The first-order chi connectivity index (χ1) is 12.3. The van der Waals surface area contributed by atoms with Crippen LogP contribution in [0.15, 0.2) is 83.9 Å². The van der Waals surface area contributed by atoms with Crippen molar-refractivity contribution in [1.29, 1.82) is 0 Å². The van der Waals surface area contributed by atoms with E-state index in [0.717, 1.165) is 32.3 Å². The molecule has 1 amide bonds. The fraction of sp³-hybridized carbons (Fsp3) is 0.0476. The molecule has 0 unspecified atom stereocenters. The number of carbonyl (C=O) groups is 1. The normalized spacial score (nSPS) is 10.9. The highest BCUT2D eigenvalue weighted by Gasteiger charge is 2.08. The van der Waals surface area contributed by atoms with Gasteiger partial charge in [-0.3, -0.25) is 9.78 Å². The second-order valence-electron chi connectivity index (χ2n) is 5.69. The number of hydrogen-bond acceptors (Lipinski definition) is 3. The average molecular weight is 344 g/mol. The summed E-state index contributed by atoms with van der Waals surface area (Å²) >= 11 is 1.53. The molecule has 0 bridgehead atoms. The van der Waals surface area contributed by atoms with Crippen molar-refractivity contribution in [2.75, 3.05) is 11.1 Å². The molecule has 3 aromatic carbocycles. The van der Waals surface area contributed by atoms with Crippen molar-refractivity contribution in [3.05, 3.63) is 79.0 Å². The van der Waals surface area contributed by atoms with Crippen LogP contribution in [0.1, 0.15) is 0 Å². The molecule has 4 aromatic rings. The third-order valence-electron chi connectivity index (χ3n) is 4.03. The summed E-state index contributed by atoms with van der Waals surface area (Å²) in [4.78, 5) is 17.8. The van der Waals surface area contributed by atoms with Crippen LogP contribution in [0.3, 0.4) is 0 Å². The number of hydrogen-bond donors (Lipinski definition) is 1. The number of nitrogens with zero attached hydrogens (tertiary/aromatic N) is 1. The van der Waals surface area contributed by atoms with Crippen molar-refractivity contribution in [3.8, 4) is 0 Å². The van der Waals surface area contributed by atoms with E-state index in [1.165, 1.54) is 11.8 Å². The van der Waals surface area contributed by atoms with Crippen LogP contribution in [0.25, 0.3) is 21.7 Å². The zero-order chi connectivity index (χ0) is 17.1. The highest BCUT2D eigenvalue weighted by atomic mass is 32.2. The summed E-state index contributed by atoms with van der Waals surface area (Å²) in [5.74, 6) is 0.347. The number of para-hydroxylation sites is 1. The van der Waals surface area contributed by atoms with Gasteiger partial charge in [-0.1, -0.05) is 54.6 Å². The molecular weight excluding hydrogens is 328 g/mol. The highest BCUT2D eigenvalue weighted by Crippen LogP contribution is 2.27. The maximum atomic E-state index is 12.4. The maximum Gasteiger partial charge on any atom is 0.234 e. The van der Waals surface area contributed by atoms with Gasteiger partial charge < -0.3 is 5.32 Å². The first kappa shape index (κ1) is 15.7. The largest absolute Gasteiger partial charge is 0.325 e. The average Bonchev–Trinajstić information content (AvgIpc) is 2.66. The molecule has 1 heterocycles. The van der Waals surface area contributed by atoms with Crippen LogP contribution < -0.4 is 5.32 Å². The summed E-state index contributed by atoms with van der Waals surface area (Å²) in [5, 5.41) is 6.28. The van der Waals surface area contributed by atoms with Crippen LogP contribution in [-0.4, -0.2) is 16.6 Å². The summed E-state index contributed by atoms with van der Waals surface area (Å²) < 4.78 is 0. The van der Waals surface area contributed by atoms with E-state index in [-0.39, 0.29) is 5.91 Å². The third-order valence-corrected chi connectivity index (χ3v) is 5.11. The predicted molar refractivity (Wildman–Crippen MR) is 105 cm³/mol. The minimum Gasteiger partial charge on any atom is -0.325 e. The van der Waals surface area contributed by atoms with E-state index >= 15 is 0 Å². The Morgan fingerprint density at radius 3 is 2.56 bits per heavy atom. The Hall–Kier alpha value is -2.85. The molecule has 0 aliphatic rings. The van der Waals surface area contributed by atoms with Gasteiger partial charge in [0.25, 0.3) is 0 Å².